The zero-order valence-corrected chi connectivity index (χ0v) is 28.4. The van der Waals surface area contributed by atoms with Gasteiger partial charge in [-0.3, -0.25) is 4.79 Å². The summed E-state index contributed by atoms with van der Waals surface area (Å²) in [6.45, 7) is 13.3. The summed E-state index contributed by atoms with van der Waals surface area (Å²) >= 11 is 0. The van der Waals surface area contributed by atoms with Crippen molar-refractivity contribution >= 4 is 5.97 Å². The van der Waals surface area contributed by atoms with Crippen LogP contribution in [0.1, 0.15) is 110 Å². The predicted octanol–water partition coefficient (Wildman–Crippen LogP) is 7.09. The Morgan fingerprint density at radius 3 is 1.07 bits per heavy atom. The van der Waals surface area contributed by atoms with Crippen LogP contribution in [0.2, 0.25) is 0 Å². The molecule has 0 aromatic heterocycles. The molecule has 0 radical (unpaired) electrons. The molecule has 0 spiro atoms. The normalized spacial score (nSPS) is 11.3. The van der Waals surface area contributed by atoms with Crippen molar-refractivity contribution in [3.05, 3.63) is 12.7 Å². The van der Waals surface area contributed by atoms with Gasteiger partial charge in [0.2, 0.25) is 0 Å². The van der Waals surface area contributed by atoms with Gasteiger partial charge in [0.1, 0.15) is 6.61 Å². The molecule has 0 bridgehead atoms. The molecule has 9 nitrogen and oxygen atoms in total. The van der Waals surface area contributed by atoms with E-state index >= 15 is 0 Å². The number of carbonyl (C=O) groups is 1. The van der Waals surface area contributed by atoms with Gasteiger partial charge in [-0.05, 0) is 6.42 Å². The van der Waals surface area contributed by atoms with E-state index in [1.807, 2.05) is 0 Å². The molecular formula is C35H68O9. The van der Waals surface area contributed by atoms with E-state index in [0.717, 1.165) is 12.8 Å². The van der Waals surface area contributed by atoms with Crippen molar-refractivity contribution in [3.63, 3.8) is 0 Å². The van der Waals surface area contributed by atoms with E-state index in [-0.39, 0.29) is 5.97 Å². The Morgan fingerprint density at radius 2 is 0.727 bits per heavy atom. The van der Waals surface area contributed by atoms with Crippen LogP contribution in [-0.2, 0) is 42.7 Å². The van der Waals surface area contributed by atoms with Crippen molar-refractivity contribution in [1.29, 1.82) is 0 Å². The highest BCUT2D eigenvalue weighted by Crippen LogP contribution is 2.13. The zero-order valence-electron chi connectivity index (χ0n) is 28.4. The molecule has 44 heavy (non-hydrogen) atoms. The maximum absolute atomic E-state index is 11.9. The van der Waals surface area contributed by atoms with Crippen molar-refractivity contribution in [2.24, 2.45) is 0 Å². The maximum atomic E-state index is 11.9. The fourth-order valence-corrected chi connectivity index (χ4v) is 4.41. The Labute approximate surface area is 270 Å². The second-order valence-electron chi connectivity index (χ2n) is 11.0. The third-order valence-corrected chi connectivity index (χ3v) is 6.94. The Kier molecular flexibility index (Phi) is 39.0. The molecule has 0 saturated carbocycles. The van der Waals surface area contributed by atoms with Gasteiger partial charge < -0.3 is 37.9 Å². The molecule has 0 aliphatic carbocycles. The van der Waals surface area contributed by atoms with Gasteiger partial charge in [0.25, 0.3) is 0 Å². The first kappa shape index (κ1) is 42.9. The predicted molar refractivity (Wildman–Crippen MR) is 176 cm³/mol. The van der Waals surface area contributed by atoms with Crippen LogP contribution in [0.25, 0.3) is 0 Å². The van der Waals surface area contributed by atoms with E-state index in [1.165, 1.54) is 83.5 Å². The van der Waals surface area contributed by atoms with Gasteiger partial charge in [0.15, 0.2) is 0 Å². The lowest BCUT2D eigenvalue weighted by Crippen LogP contribution is -2.15. The molecule has 0 aliphatic rings. The van der Waals surface area contributed by atoms with Crippen LogP contribution in [-0.4, -0.2) is 105 Å². The van der Waals surface area contributed by atoms with Crippen LogP contribution >= 0.6 is 0 Å². The van der Waals surface area contributed by atoms with E-state index in [0.29, 0.717) is 106 Å². The van der Waals surface area contributed by atoms with Gasteiger partial charge in [-0.25, -0.2) is 0 Å². The minimum absolute atomic E-state index is 0.125. The van der Waals surface area contributed by atoms with Crippen LogP contribution in [0.3, 0.4) is 0 Å². The molecule has 0 rings (SSSR count). The van der Waals surface area contributed by atoms with Crippen LogP contribution in [0.15, 0.2) is 12.7 Å². The molecule has 0 aliphatic heterocycles. The first-order valence-electron chi connectivity index (χ1n) is 17.6. The molecule has 0 amide bonds. The van der Waals surface area contributed by atoms with Gasteiger partial charge in [-0.2, -0.15) is 0 Å². The van der Waals surface area contributed by atoms with E-state index in [9.17, 15) is 4.79 Å². The highest BCUT2D eigenvalue weighted by Gasteiger charge is 2.03. The minimum atomic E-state index is -0.125. The largest absolute Gasteiger partial charge is 0.463 e. The van der Waals surface area contributed by atoms with Crippen molar-refractivity contribution in [1.82, 2.24) is 0 Å². The quantitative estimate of drug-likeness (QED) is 0.0400. The molecule has 0 aromatic rings. The highest BCUT2D eigenvalue weighted by atomic mass is 16.6. The monoisotopic (exact) mass is 632 g/mol. The molecule has 9 heteroatoms. The second-order valence-corrected chi connectivity index (χ2v) is 11.0. The molecule has 0 unspecified atom stereocenters. The van der Waals surface area contributed by atoms with Gasteiger partial charge in [0.05, 0.1) is 92.5 Å². The fraction of sp³-hybridized carbons (Fsp3) is 0.914. The molecule has 0 saturated heterocycles. The molecule has 0 aromatic carbocycles. The molecule has 262 valence electrons. The SMILES string of the molecule is C=CCOCCOCCOCCOCCOCCOCCOCCOC(=O)CCCCCCCCCCCCCCCCC. The van der Waals surface area contributed by atoms with Gasteiger partial charge in [-0.15, -0.1) is 6.58 Å². The number of esters is 1. The first-order chi connectivity index (χ1) is 21.8. The number of carbonyl (C=O) groups excluding carboxylic acids is 1. The van der Waals surface area contributed by atoms with Crippen LogP contribution in [0, 0.1) is 0 Å². The third-order valence-electron chi connectivity index (χ3n) is 6.94. The first-order valence-corrected chi connectivity index (χ1v) is 17.6. The van der Waals surface area contributed by atoms with Crippen LogP contribution in [0.4, 0.5) is 0 Å². The Hall–Kier alpha value is -1.07. The summed E-state index contributed by atoms with van der Waals surface area (Å²) < 4.78 is 43.1. The van der Waals surface area contributed by atoms with E-state index < -0.39 is 0 Å². The van der Waals surface area contributed by atoms with Gasteiger partial charge in [-0.1, -0.05) is 103 Å². The van der Waals surface area contributed by atoms with Crippen molar-refractivity contribution < 1.29 is 42.7 Å². The standard InChI is InChI=1S/C35H68O9/c1-3-5-6-7-8-9-10-11-12-13-14-15-16-17-18-19-35(36)44-34-33-43-32-31-42-30-29-41-28-27-40-26-25-39-24-23-38-22-21-37-20-4-2/h4H,2-3,5-34H2,1H3. The fourth-order valence-electron chi connectivity index (χ4n) is 4.41. The van der Waals surface area contributed by atoms with Crippen LogP contribution < -0.4 is 0 Å². The maximum Gasteiger partial charge on any atom is 0.305 e. The number of hydrogen-bond acceptors (Lipinski definition) is 9. The summed E-state index contributed by atoms with van der Waals surface area (Å²) in [7, 11) is 0. The van der Waals surface area contributed by atoms with Gasteiger partial charge in [0, 0.05) is 6.42 Å². The Bertz CT molecular complexity index is 562. The minimum Gasteiger partial charge on any atom is -0.463 e. The van der Waals surface area contributed by atoms with E-state index in [4.69, 9.17) is 37.9 Å². The topological polar surface area (TPSA) is 90.9 Å². The summed E-state index contributed by atoms with van der Waals surface area (Å²) in [5.41, 5.74) is 0. The third kappa shape index (κ3) is 39.0. The summed E-state index contributed by atoms with van der Waals surface area (Å²) in [4.78, 5) is 11.9. The number of ether oxygens (including phenoxy) is 8. The van der Waals surface area contributed by atoms with Crippen molar-refractivity contribution in [2.75, 3.05) is 99.1 Å². The summed E-state index contributed by atoms with van der Waals surface area (Å²) in [5, 5.41) is 0. The average molecular weight is 633 g/mol. The lowest BCUT2D eigenvalue weighted by atomic mass is 10.0. The Morgan fingerprint density at radius 1 is 0.432 bits per heavy atom. The molecule has 0 fully saturated rings. The van der Waals surface area contributed by atoms with Crippen molar-refractivity contribution in [2.45, 2.75) is 110 Å². The van der Waals surface area contributed by atoms with E-state index in [2.05, 4.69) is 13.5 Å². The molecule has 0 atom stereocenters. The Balaban J connectivity index is 3.14. The number of hydrogen-bond donors (Lipinski definition) is 0. The second kappa shape index (κ2) is 40.0. The zero-order chi connectivity index (χ0) is 31.9. The molecule has 0 N–H and O–H groups in total. The summed E-state index contributed by atoms with van der Waals surface area (Å²) in [6.07, 6.45) is 22.0. The van der Waals surface area contributed by atoms with Gasteiger partial charge >= 0.3 is 5.97 Å². The molecule has 0 heterocycles. The van der Waals surface area contributed by atoms with Crippen LogP contribution in [0.5, 0.6) is 0 Å². The summed E-state index contributed by atoms with van der Waals surface area (Å²) in [5.74, 6) is -0.125. The smallest absolute Gasteiger partial charge is 0.305 e. The lowest BCUT2D eigenvalue weighted by molar-refractivity contribution is -0.145. The number of unbranched alkanes of at least 4 members (excludes halogenated alkanes) is 14. The summed E-state index contributed by atoms with van der Waals surface area (Å²) in [6, 6.07) is 0. The lowest BCUT2D eigenvalue weighted by Gasteiger charge is -2.08. The average Bonchev–Trinajstić information content (AvgIpc) is 3.03. The van der Waals surface area contributed by atoms with Crippen molar-refractivity contribution in [3.8, 4) is 0 Å². The highest BCUT2D eigenvalue weighted by molar-refractivity contribution is 5.69. The van der Waals surface area contributed by atoms with E-state index in [1.54, 1.807) is 6.08 Å². The number of rotatable bonds is 39. The molecular weight excluding hydrogens is 564 g/mol.